The van der Waals surface area contributed by atoms with Gasteiger partial charge in [-0.2, -0.15) is 4.31 Å². The van der Waals surface area contributed by atoms with E-state index >= 15 is 0 Å². The molecule has 0 heterocycles. The summed E-state index contributed by atoms with van der Waals surface area (Å²) >= 11 is 0. The van der Waals surface area contributed by atoms with Crippen LogP contribution in [0.4, 0.5) is 5.69 Å². The number of rotatable bonds is 9. The summed E-state index contributed by atoms with van der Waals surface area (Å²) in [5.74, 6) is 0.115. The van der Waals surface area contributed by atoms with Gasteiger partial charge in [0.2, 0.25) is 15.9 Å². The third kappa shape index (κ3) is 4.84. The van der Waals surface area contributed by atoms with Crippen LogP contribution in [0.25, 0.3) is 0 Å². The number of benzene rings is 2. The molecule has 3 rings (SSSR count). The fourth-order valence-corrected chi connectivity index (χ4v) is 5.51. The predicted molar refractivity (Wildman–Crippen MR) is 119 cm³/mol. The van der Waals surface area contributed by atoms with Crippen molar-refractivity contribution in [3.8, 4) is 5.75 Å². The number of sulfonamides is 1. The second-order valence-electron chi connectivity index (χ2n) is 7.37. The highest BCUT2D eigenvalue weighted by Gasteiger charge is 2.26. The fraction of sp³-hybridized carbons (Fsp3) is 0.435. The lowest BCUT2D eigenvalue weighted by atomic mass is 10.0. The third-order valence-corrected chi connectivity index (χ3v) is 7.45. The van der Waals surface area contributed by atoms with E-state index in [-0.39, 0.29) is 17.2 Å². The Hall–Kier alpha value is -2.38. The van der Waals surface area contributed by atoms with Crippen LogP contribution in [0.5, 0.6) is 5.75 Å². The Bertz CT molecular complexity index is 1010. The first-order chi connectivity index (χ1) is 14.4. The Morgan fingerprint density at radius 2 is 1.77 bits per heavy atom. The summed E-state index contributed by atoms with van der Waals surface area (Å²) < 4.78 is 33.0. The molecule has 1 N–H and O–H groups in total. The normalized spacial score (nSPS) is 13.3. The highest BCUT2D eigenvalue weighted by atomic mass is 32.2. The molecule has 0 atom stereocenters. The van der Waals surface area contributed by atoms with Crippen LogP contribution in [-0.2, 0) is 34.1 Å². The minimum atomic E-state index is -3.72. The molecule has 0 saturated heterocycles. The summed E-state index contributed by atoms with van der Waals surface area (Å²) in [6, 6.07) is 11.0. The number of nitrogens with zero attached hydrogens (tertiary/aromatic N) is 1. The number of nitrogens with one attached hydrogen (secondary N) is 1. The van der Waals surface area contributed by atoms with Crippen LogP contribution in [0, 0.1) is 0 Å². The molecule has 6 nitrogen and oxygen atoms in total. The maximum absolute atomic E-state index is 13.1. The molecule has 1 aliphatic rings. The maximum atomic E-state index is 13.1. The van der Waals surface area contributed by atoms with Gasteiger partial charge in [-0.05, 0) is 61.1 Å². The number of ether oxygens (including phenoxy) is 1. The van der Waals surface area contributed by atoms with Gasteiger partial charge < -0.3 is 10.1 Å². The first-order valence-corrected chi connectivity index (χ1v) is 12.0. The van der Waals surface area contributed by atoms with Gasteiger partial charge in [0.05, 0.1) is 13.0 Å². The van der Waals surface area contributed by atoms with E-state index in [4.69, 9.17) is 4.74 Å². The fourth-order valence-electron chi connectivity index (χ4n) is 3.89. The van der Waals surface area contributed by atoms with Crippen LogP contribution < -0.4 is 10.1 Å². The Kier molecular flexibility index (Phi) is 7.15. The molecule has 0 bridgehead atoms. The van der Waals surface area contributed by atoms with Gasteiger partial charge in [0.25, 0.3) is 0 Å². The van der Waals surface area contributed by atoms with E-state index in [9.17, 15) is 13.2 Å². The quantitative estimate of drug-likeness (QED) is 0.657. The molecule has 2 aromatic carbocycles. The number of fused-ring (bicyclic) bond motifs is 1. The van der Waals surface area contributed by atoms with Crippen LogP contribution in [-0.4, -0.2) is 38.3 Å². The molecule has 0 spiro atoms. The number of hydrogen-bond acceptors (Lipinski definition) is 4. The first kappa shape index (κ1) is 22.3. The highest BCUT2D eigenvalue weighted by Crippen LogP contribution is 2.30. The maximum Gasteiger partial charge on any atom is 0.246 e. The molecule has 2 aromatic rings. The zero-order valence-corrected chi connectivity index (χ0v) is 18.7. The summed E-state index contributed by atoms with van der Waals surface area (Å²) in [5, 5.41) is 2.84. The Morgan fingerprint density at radius 3 is 2.47 bits per heavy atom. The average molecular weight is 431 g/mol. The van der Waals surface area contributed by atoms with E-state index in [0.717, 1.165) is 18.4 Å². The molecule has 0 aromatic heterocycles. The van der Waals surface area contributed by atoms with Crippen molar-refractivity contribution in [1.29, 1.82) is 0 Å². The third-order valence-electron chi connectivity index (χ3n) is 5.38. The molecule has 1 aliphatic carbocycles. The zero-order valence-electron chi connectivity index (χ0n) is 17.9. The van der Waals surface area contributed by atoms with Crippen molar-refractivity contribution in [2.45, 2.75) is 51.3 Å². The van der Waals surface area contributed by atoms with Crippen molar-refractivity contribution in [3.63, 3.8) is 0 Å². The van der Waals surface area contributed by atoms with E-state index in [1.165, 1.54) is 27.9 Å². The first-order valence-electron chi connectivity index (χ1n) is 10.6. The number of carbonyl (C=O) groups is 1. The Morgan fingerprint density at radius 1 is 1.03 bits per heavy atom. The van der Waals surface area contributed by atoms with E-state index in [0.29, 0.717) is 31.1 Å². The second kappa shape index (κ2) is 9.62. The molecule has 162 valence electrons. The molecule has 0 aliphatic heterocycles. The molecule has 0 saturated carbocycles. The Labute approximate surface area is 179 Å². The van der Waals surface area contributed by atoms with E-state index in [2.05, 4.69) is 17.4 Å². The highest BCUT2D eigenvalue weighted by molar-refractivity contribution is 7.89. The second-order valence-corrected chi connectivity index (χ2v) is 9.27. The number of amides is 1. The minimum Gasteiger partial charge on any atom is -0.492 e. The minimum absolute atomic E-state index is 0.0726. The lowest BCUT2D eigenvalue weighted by Crippen LogP contribution is -2.31. The van der Waals surface area contributed by atoms with Crippen molar-refractivity contribution in [2.75, 3.05) is 25.0 Å². The molecule has 30 heavy (non-hydrogen) atoms. The van der Waals surface area contributed by atoms with Gasteiger partial charge in [-0.25, -0.2) is 8.42 Å². The van der Waals surface area contributed by atoms with Gasteiger partial charge in [-0.3, -0.25) is 4.79 Å². The predicted octanol–water partition coefficient (Wildman–Crippen LogP) is 3.79. The zero-order chi connectivity index (χ0) is 21.7. The molecule has 0 unspecified atom stereocenters. The van der Waals surface area contributed by atoms with Crippen LogP contribution in [0.1, 0.15) is 43.9 Å². The smallest absolute Gasteiger partial charge is 0.246 e. The summed E-state index contributed by atoms with van der Waals surface area (Å²) in [6.07, 6.45) is 3.59. The van der Waals surface area contributed by atoms with Gasteiger partial charge >= 0.3 is 0 Å². The number of aryl methyl sites for hydroxylation is 2. The summed E-state index contributed by atoms with van der Waals surface area (Å²) in [7, 11) is -3.72. The molecular formula is C23H30N2O4S. The van der Waals surface area contributed by atoms with E-state index in [1.54, 1.807) is 32.9 Å². The molecular weight excluding hydrogens is 400 g/mol. The van der Waals surface area contributed by atoms with Crippen molar-refractivity contribution in [1.82, 2.24) is 4.31 Å². The van der Waals surface area contributed by atoms with E-state index in [1.807, 2.05) is 6.07 Å². The van der Waals surface area contributed by atoms with Crippen LogP contribution in [0.15, 0.2) is 41.3 Å². The summed E-state index contributed by atoms with van der Waals surface area (Å²) in [6.45, 7) is 6.47. The molecule has 0 radical (unpaired) electrons. The number of anilines is 1. The van der Waals surface area contributed by atoms with Gasteiger partial charge in [0.15, 0.2) is 0 Å². The van der Waals surface area contributed by atoms with Crippen LogP contribution >= 0.6 is 0 Å². The van der Waals surface area contributed by atoms with Crippen molar-refractivity contribution in [2.24, 2.45) is 0 Å². The lowest BCUT2D eigenvalue weighted by Gasteiger charge is -2.21. The van der Waals surface area contributed by atoms with E-state index < -0.39 is 10.0 Å². The summed E-state index contributed by atoms with van der Waals surface area (Å²) in [5.41, 5.74) is 4.11. The number of carbonyl (C=O) groups excluding carboxylic acids is 1. The molecule has 0 fully saturated rings. The lowest BCUT2D eigenvalue weighted by molar-refractivity contribution is -0.115. The van der Waals surface area contributed by atoms with Crippen LogP contribution in [0.2, 0.25) is 0 Å². The summed E-state index contributed by atoms with van der Waals surface area (Å²) in [4.78, 5) is 12.7. The largest absolute Gasteiger partial charge is 0.492 e. The van der Waals surface area contributed by atoms with Crippen molar-refractivity contribution >= 4 is 21.6 Å². The van der Waals surface area contributed by atoms with Gasteiger partial charge in [-0.15, -0.1) is 0 Å². The monoisotopic (exact) mass is 430 g/mol. The topological polar surface area (TPSA) is 75.7 Å². The van der Waals surface area contributed by atoms with Gasteiger partial charge in [0, 0.05) is 18.8 Å². The molecule has 1 amide bonds. The molecule has 7 heteroatoms. The Balaban J connectivity index is 1.81. The van der Waals surface area contributed by atoms with Gasteiger partial charge in [-0.1, -0.05) is 32.0 Å². The number of hydrogen-bond donors (Lipinski definition) is 1. The van der Waals surface area contributed by atoms with Gasteiger partial charge in [0.1, 0.15) is 10.6 Å². The SMILES string of the molecule is CCOc1ccc(NC(=O)Cc2ccc3c(c2)CCC3)cc1S(=O)(=O)N(CC)CC. The average Bonchev–Trinajstić information content (AvgIpc) is 3.17. The van der Waals surface area contributed by atoms with Crippen molar-refractivity contribution in [3.05, 3.63) is 53.1 Å². The van der Waals surface area contributed by atoms with Crippen LogP contribution in [0.3, 0.4) is 0 Å². The van der Waals surface area contributed by atoms with Crippen molar-refractivity contribution < 1.29 is 17.9 Å². The standard InChI is InChI=1S/C23H30N2O4S/c1-4-25(5-2)30(27,28)22-16-20(12-13-21(22)29-6-3)24-23(26)15-17-10-11-18-8-7-9-19(18)14-17/h10-14,16H,4-9,15H2,1-3H3,(H,24,26).